The molecule has 3 rings (SSSR count). The molecule has 1 N–H and O–H groups in total. The standard InChI is InChI=1S/C18H19Cl2N5O/c1-11-15(12(2)25-18(24-11)22-10-23-25)5-6-17(26)21-8-7-13-3-4-14(19)9-16(13)20/h3-4,9-10H,5-8H2,1-2H3,(H,21,26). The SMILES string of the molecule is Cc1nc2ncnn2c(C)c1CCC(=O)NCCc1ccc(Cl)cc1Cl. The molecule has 1 amide bonds. The number of halogens is 2. The number of aromatic nitrogens is 4. The van der Waals surface area contributed by atoms with E-state index in [0.29, 0.717) is 41.6 Å². The van der Waals surface area contributed by atoms with Gasteiger partial charge >= 0.3 is 0 Å². The van der Waals surface area contributed by atoms with Crippen LogP contribution in [0.25, 0.3) is 5.78 Å². The highest BCUT2D eigenvalue weighted by Gasteiger charge is 2.12. The van der Waals surface area contributed by atoms with Crippen molar-refractivity contribution in [1.82, 2.24) is 24.9 Å². The molecule has 0 aliphatic carbocycles. The molecule has 0 spiro atoms. The van der Waals surface area contributed by atoms with E-state index in [4.69, 9.17) is 23.2 Å². The molecule has 0 saturated heterocycles. The molecule has 2 aromatic heterocycles. The van der Waals surface area contributed by atoms with Gasteiger partial charge in [-0.1, -0.05) is 29.3 Å². The van der Waals surface area contributed by atoms with Crippen LogP contribution in [0, 0.1) is 13.8 Å². The van der Waals surface area contributed by atoms with Gasteiger partial charge in [0.1, 0.15) is 6.33 Å². The molecule has 0 bridgehead atoms. The quantitative estimate of drug-likeness (QED) is 0.699. The van der Waals surface area contributed by atoms with Crippen LogP contribution in [-0.4, -0.2) is 32.0 Å². The Morgan fingerprint density at radius 3 is 2.81 bits per heavy atom. The fourth-order valence-electron chi connectivity index (χ4n) is 2.91. The first-order valence-electron chi connectivity index (χ1n) is 8.32. The first kappa shape index (κ1) is 18.6. The summed E-state index contributed by atoms with van der Waals surface area (Å²) in [4.78, 5) is 20.7. The van der Waals surface area contributed by atoms with Crippen molar-refractivity contribution >= 4 is 34.9 Å². The molecule has 0 saturated carbocycles. The number of carbonyl (C=O) groups excluding carboxylic acids is 1. The molecule has 1 aromatic carbocycles. The molecule has 0 aliphatic rings. The Bertz CT molecular complexity index is 954. The third kappa shape index (κ3) is 4.14. The van der Waals surface area contributed by atoms with Gasteiger partial charge in [0.2, 0.25) is 5.91 Å². The lowest BCUT2D eigenvalue weighted by Gasteiger charge is -2.11. The van der Waals surface area contributed by atoms with E-state index in [0.717, 1.165) is 22.5 Å². The maximum absolute atomic E-state index is 12.2. The topological polar surface area (TPSA) is 72.2 Å². The first-order valence-corrected chi connectivity index (χ1v) is 9.07. The lowest BCUT2D eigenvalue weighted by molar-refractivity contribution is -0.121. The van der Waals surface area contributed by atoms with Crippen LogP contribution >= 0.6 is 23.2 Å². The molecular formula is C18H19Cl2N5O. The Morgan fingerprint density at radius 2 is 2.04 bits per heavy atom. The normalized spacial score (nSPS) is 11.1. The maximum Gasteiger partial charge on any atom is 0.252 e. The van der Waals surface area contributed by atoms with Crippen molar-refractivity contribution in [3.8, 4) is 0 Å². The number of rotatable bonds is 6. The molecule has 0 fully saturated rings. The zero-order chi connectivity index (χ0) is 18.7. The third-order valence-electron chi connectivity index (χ3n) is 4.32. The highest BCUT2D eigenvalue weighted by Crippen LogP contribution is 2.21. The molecular weight excluding hydrogens is 373 g/mol. The van der Waals surface area contributed by atoms with Crippen molar-refractivity contribution in [2.75, 3.05) is 6.54 Å². The van der Waals surface area contributed by atoms with Crippen molar-refractivity contribution in [3.63, 3.8) is 0 Å². The summed E-state index contributed by atoms with van der Waals surface area (Å²) < 4.78 is 1.70. The summed E-state index contributed by atoms with van der Waals surface area (Å²) in [5.74, 6) is 0.570. The number of hydrogen-bond donors (Lipinski definition) is 1. The lowest BCUT2D eigenvalue weighted by atomic mass is 10.1. The molecule has 0 radical (unpaired) electrons. The van der Waals surface area contributed by atoms with E-state index < -0.39 is 0 Å². The van der Waals surface area contributed by atoms with Crippen LogP contribution < -0.4 is 5.32 Å². The van der Waals surface area contributed by atoms with Crippen molar-refractivity contribution in [3.05, 3.63) is 57.1 Å². The minimum Gasteiger partial charge on any atom is -0.356 e. The van der Waals surface area contributed by atoms with Gasteiger partial charge in [-0.25, -0.2) is 9.50 Å². The smallest absolute Gasteiger partial charge is 0.252 e. The second-order valence-corrected chi connectivity index (χ2v) is 6.91. The molecule has 0 aliphatic heterocycles. The van der Waals surface area contributed by atoms with Gasteiger partial charge in [-0.15, -0.1) is 0 Å². The van der Waals surface area contributed by atoms with Crippen molar-refractivity contribution in [2.45, 2.75) is 33.1 Å². The van der Waals surface area contributed by atoms with E-state index in [2.05, 4.69) is 20.4 Å². The summed E-state index contributed by atoms with van der Waals surface area (Å²) >= 11 is 12.0. The number of aryl methyl sites for hydroxylation is 2. The zero-order valence-corrected chi connectivity index (χ0v) is 16.1. The molecule has 6 nitrogen and oxygen atoms in total. The summed E-state index contributed by atoms with van der Waals surface area (Å²) in [6.45, 7) is 4.42. The summed E-state index contributed by atoms with van der Waals surface area (Å²) in [5.41, 5.74) is 3.83. The van der Waals surface area contributed by atoms with E-state index in [1.807, 2.05) is 19.9 Å². The number of fused-ring (bicyclic) bond motifs is 1. The average Bonchev–Trinajstić information content (AvgIpc) is 3.05. The number of nitrogens with one attached hydrogen (secondary N) is 1. The highest BCUT2D eigenvalue weighted by molar-refractivity contribution is 6.35. The second kappa shape index (κ2) is 8.01. The summed E-state index contributed by atoms with van der Waals surface area (Å²) in [5, 5.41) is 8.31. The summed E-state index contributed by atoms with van der Waals surface area (Å²) in [7, 11) is 0. The molecule has 3 aromatic rings. The number of benzene rings is 1. The Kier molecular flexibility index (Phi) is 5.74. The summed E-state index contributed by atoms with van der Waals surface area (Å²) in [6, 6.07) is 5.38. The van der Waals surface area contributed by atoms with E-state index in [-0.39, 0.29) is 5.91 Å². The van der Waals surface area contributed by atoms with Gasteiger partial charge < -0.3 is 5.32 Å². The average molecular weight is 392 g/mol. The van der Waals surface area contributed by atoms with Crippen LogP contribution in [0.3, 0.4) is 0 Å². The van der Waals surface area contributed by atoms with Crippen LogP contribution in [0.1, 0.15) is 28.9 Å². The van der Waals surface area contributed by atoms with E-state index in [1.165, 1.54) is 6.33 Å². The maximum atomic E-state index is 12.2. The molecule has 2 heterocycles. The molecule has 0 unspecified atom stereocenters. The van der Waals surface area contributed by atoms with Gasteiger partial charge in [0.15, 0.2) is 0 Å². The van der Waals surface area contributed by atoms with Crippen molar-refractivity contribution < 1.29 is 4.79 Å². The van der Waals surface area contributed by atoms with Gasteiger partial charge in [0, 0.05) is 34.4 Å². The Morgan fingerprint density at radius 1 is 1.23 bits per heavy atom. The molecule has 136 valence electrons. The van der Waals surface area contributed by atoms with Crippen LogP contribution in [0.2, 0.25) is 10.0 Å². The molecule has 26 heavy (non-hydrogen) atoms. The van der Waals surface area contributed by atoms with Crippen LogP contribution in [0.4, 0.5) is 0 Å². The van der Waals surface area contributed by atoms with E-state index in [9.17, 15) is 4.79 Å². The predicted octanol–water partition coefficient (Wildman–Crippen LogP) is 3.34. The van der Waals surface area contributed by atoms with Gasteiger partial charge in [0.25, 0.3) is 5.78 Å². The van der Waals surface area contributed by atoms with Crippen molar-refractivity contribution in [1.29, 1.82) is 0 Å². The molecule has 0 atom stereocenters. The predicted molar refractivity (Wildman–Crippen MR) is 102 cm³/mol. The fourth-order valence-corrected chi connectivity index (χ4v) is 3.41. The van der Waals surface area contributed by atoms with Gasteiger partial charge in [-0.3, -0.25) is 4.79 Å². The largest absolute Gasteiger partial charge is 0.356 e. The Labute approximate surface area is 161 Å². The summed E-state index contributed by atoms with van der Waals surface area (Å²) in [6.07, 6.45) is 3.13. The fraction of sp³-hybridized carbons (Fsp3) is 0.333. The first-order chi connectivity index (χ1) is 12.5. The zero-order valence-electron chi connectivity index (χ0n) is 14.6. The van der Waals surface area contributed by atoms with Crippen molar-refractivity contribution in [2.24, 2.45) is 0 Å². The van der Waals surface area contributed by atoms with Crippen LogP contribution in [0.15, 0.2) is 24.5 Å². The Hall–Kier alpha value is -2.18. The molecule has 8 heteroatoms. The number of nitrogens with zero attached hydrogens (tertiary/aromatic N) is 4. The highest BCUT2D eigenvalue weighted by atomic mass is 35.5. The Balaban J connectivity index is 1.54. The van der Waals surface area contributed by atoms with Gasteiger partial charge in [0.05, 0.1) is 0 Å². The van der Waals surface area contributed by atoms with E-state index in [1.54, 1.807) is 16.6 Å². The van der Waals surface area contributed by atoms with Crippen LogP contribution in [0.5, 0.6) is 0 Å². The lowest BCUT2D eigenvalue weighted by Crippen LogP contribution is -2.26. The van der Waals surface area contributed by atoms with E-state index >= 15 is 0 Å². The third-order valence-corrected chi connectivity index (χ3v) is 4.91. The number of amides is 1. The van der Waals surface area contributed by atoms with Crippen LogP contribution in [-0.2, 0) is 17.6 Å². The minimum atomic E-state index is -0.00688. The minimum absolute atomic E-state index is 0.00688. The second-order valence-electron chi connectivity index (χ2n) is 6.07. The van der Waals surface area contributed by atoms with Gasteiger partial charge in [-0.2, -0.15) is 10.1 Å². The number of carbonyl (C=O) groups is 1. The number of hydrogen-bond acceptors (Lipinski definition) is 4. The monoisotopic (exact) mass is 391 g/mol. The van der Waals surface area contributed by atoms with Gasteiger partial charge in [-0.05, 0) is 49.9 Å².